The molecule has 0 atom stereocenters. The summed E-state index contributed by atoms with van der Waals surface area (Å²) in [6.07, 6.45) is 5.30. The minimum atomic E-state index is 0.389. The molecule has 0 unspecified atom stereocenters. The summed E-state index contributed by atoms with van der Waals surface area (Å²) in [7, 11) is 2.27. The fourth-order valence-electron chi connectivity index (χ4n) is 2.48. The molecule has 0 amide bonds. The zero-order chi connectivity index (χ0) is 12.2. The number of nitrogens with zero attached hydrogens (tertiary/aromatic N) is 1. The van der Waals surface area contributed by atoms with E-state index >= 15 is 0 Å². The third-order valence-corrected chi connectivity index (χ3v) is 3.69. The van der Waals surface area contributed by atoms with Crippen molar-refractivity contribution in [3.05, 3.63) is 0 Å². The molecule has 1 rings (SSSR count). The fourth-order valence-corrected chi connectivity index (χ4v) is 2.48. The third-order valence-electron chi connectivity index (χ3n) is 3.69. The van der Waals surface area contributed by atoms with Crippen molar-refractivity contribution in [1.29, 1.82) is 0 Å². The van der Waals surface area contributed by atoms with Crippen LogP contribution in [0.2, 0.25) is 0 Å². The van der Waals surface area contributed by atoms with Gasteiger partial charge in [0.25, 0.3) is 0 Å². The van der Waals surface area contributed by atoms with Crippen molar-refractivity contribution in [3.8, 4) is 0 Å². The Balaban J connectivity index is 2.30. The molecule has 1 aliphatic carbocycles. The van der Waals surface area contributed by atoms with Gasteiger partial charge in [-0.3, -0.25) is 0 Å². The summed E-state index contributed by atoms with van der Waals surface area (Å²) < 4.78 is 0. The molecule has 1 saturated carbocycles. The van der Waals surface area contributed by atoms with Crippen LogP contribution in [0, 0.1) is 5.41 Å². The van der Waals surface area contributed by atoms with Crippen molar-refractivity contribution in [2.75, 3.05) is 20.1 Å². The first-order valence-electron chi connectivity index (χ1n) is 6.92. The van der Waals surface area contributed by atoms with Gasteiger partial charge in [-0.15, -0.1) is 0 Å². The minimum absolute atomic E-state index is 0.389. The van der Waals surface area contributed by atoms with Gasteiger partial charge in [0.15, 0.2) is 0 Å². The van der Waals surface area contributed by atoms with Crippen LogP contribution in [0.15, 0.2) is 0 Å². The zero-order valence-corrected chi connectivity index (χ0v) is 11.8. The third kappa shape index (κ3) is 4.84. The first-order valence-corrected chi connectivity index (χ1v) is 6.92. The van der Waals surface area contributed by atoms with Crippen molar-refractivity contribution in [3.63, 3.8) is 0 Å². The minimum Gasteiger partial charge on any atom is -0.313 e. The molecule has 0 heterocycles. The van der Waals surface area contributed by atoms with Gasteiger partial charge in [0.05, 0.1) is 0 Å². The SMILES string of the molecule is CCC(CC)N(C)CC(C)(C)CNC1CC1. The predicted molar refractivity (Wildman–Crippen MR) is 71.8 cm³/mol. The summed E-state index contributed by atoms with van der Waals surface area (Å²) in [6.45, 7) is 11.7. The second-order valence-corrected chi connectivity index (χ2v) is 6.20. The van der Waals surface area contributed by atoms with Crippen LogP contribution in [0.5, 0.6) is 0 Å². The lowest BCUT2D eigenvalue weighted by Crippen LogP contribution is -2.43. The predicted octanol–water partition coefficient (Wildman–Crippen LogP) is 2.89. The fraction of sp³-hybridized carbons (Fsp3) is 1.00. The van der Waals surface area contributed by atoms with Crippen molar-refractivity contribution in [2.24, 2.45) is 5.41 Å². The maximum absolute atomic E-state index is 3.65. The van der Waals surface area contributed by atoms with E-state index in [4.69, 9.17) is 0 Å². The summed E-state index contributed by atoms with van der Waals surface area (Å²) in [6, 6.07) is 1.58. The van der Waals surface area contributed by atoms with Gasteiger partial charge in [-0.05, 0) is 38.1 Å². The first kappa shape index (κ1) is 14.0. The molecular weight excluding hydrogens is 196 g/mol. The molecular formula is C14H30N2. The van der Waals surface area contributed by atoms with Crippen LogP contribution in [0.3, 0.4) is 0 Å². The molecule has 0 aromatic carbocycles. The van der Waals surface area contributed by atoms with E-state index in [0.29, 0.717) is 5.41 Å². The number of hydrogen-bond acceptors (Lipinski definition) is 2. The lowest BCUT2D eigenvalue weighted by atomic mass is 9.91. The van der Waals surface area contributed by atoms with Crippen molar-refractivity contribution in [1.82, 2.24) is 10.2 Å². The summed E-state index contributed by atoms with van der Waals surface area (Å²) in [5, 5.41) is 3.65. The number of rotatable bonds is 8. The Bertz CT molecular complexity index is 193. The Morgan fingerprint density at radius 2 is 1.81 bits per heavy atom. The van der Waals surface area contributed by atoms with Crippen LogP contribution in [-0.2, 0) is 0 Å². The van der Waals surface area contributed by atoms with Crippen LogP contribution in [0.25, 0.3) is 0 Å². The van der Waals surface area contributed by atoms with Gasteiger partial charge in [0.2, 0.25) is 0 Å². The van der Waals surface area contributed by atoms with Gasteiger partial charge in [-0.1, -0.05) is 27.7 Å². The van der Waals surface area contributed by atoms with Gasteiger partial charge < -0.3 is 10.2 Å². The molecule has 1 aliphatic rings. The van der Waals surface area contributed by atoms with Gasteiger partial charge >= 0.3 is 0 Å². The van der Waals surface area contributed by atoms with E-state index in [-0.39, 0.29) is 0 Å². The maximum Gasteiger partial charge on any atom is 0.00871 e. The molecule has 0 saturated heterocycles. The summed E-state index contributed by atoms with van der Waals surface area (Å²) in [5.74, 6) is 0. The van der Waals surface area contributed by atoms with Gasteiger partial charge in [0.1, 0.15) is 0 Å². The molecule has 1 N–H and O–H groups in total. The Morgan fingerprint density at radius 1 is 1.25 bits per heavy atom. The molecule has 0 aromatic heterocycles. The summed E-state index contributed by atoms with van der Waals surface area (Å²) in [5.41, 5.74) is 0.389. The van der Waals surface area contributed by atoms with E-state index in [0.717, 1.165) is 18.6 Å². The monoisotopic (exact) mass is 226 g/mol. The van der Waals surface area contributed by atoms with E-state index in [1.54, 1.807) is 0 Å². The maximum atomic E-state index is 3.65. The Morgan fingerprint density at radius 3 is 2.25 bits per heavy atom. The number of hydrogen-bond donors (Lipinski definition) is 1. The van der Waals surface area contributed by atoms with Crippen LogP contribution in [0.1, 0.15) is 53.4 Å². The highest BCUT2D eigenvalue weighted by Crippen LogP contribution is 2.23. The van der Waals surface area contributed by atoms with Crippen LogP contribution < -0.4 is 5.32 Å². The Labute approximate surface area is 102 Å². The average molecular weight is 226 g/mol. The Kier molecular flexibility index (Phi) is 5.26. The highest BCUT2D eigenvalue weighted by Gasteiger charge is 2.27. The molecule has 1 fully saturated rings. The van der Waals surface area contributed by atoms with Crippen LogP contribution >= 0.6 is 0 Å². The molecule has 0 radical (unpaired) electrons. The number of nitrogens with one attached hydrogen (secondary N) is 1. The second kappa shape index (κ2) is 6.02. The van der Waals surface area contributed by atoms with Gasteiger partial charge in [0, 0.05) is 25.2 Å². The van der Waals surface area contributed by atoms with Crippen LogP contribution in [0.4, 0.5) is 0 Å². The highest BCUT2D eigenvalue weighted by molar-refractivity contribution is 4.85. The van der Waals surface area contributed by atoms with Crippen LogP contribution in [-0.4, -0.2) is 37.1 Å². The van der Waals surface area contributed by atoms with Crippen molar-refractivity contribution >= 4 is 0 Å². The molecule has 0 aliphatic heterocycles. The lowest BCUT2D eigenvalue weighted by molar-refractivity contribution is 0.150. The molecule has 2 nitrogen and oxygen atoms in total. The van der Waals surface area contributed by atoms with Gasteiger partial charge in [-0.25, -0.2) is 0 Å². The zero-order valence-electron chi connectivity index (χ0n) is 11.8. The average Bonchev–Trinajstić information content (AvgIpc) is 2.99. The summed E-state index contributed by atoms with van der Waals surface area (Å²) in [4.78, 5) is 2.54. The first-order chi connectivity index (χ1) is 7.48. The highest BCUT2D eigenvalue weighted by atomic mass is 15.1. The molecule has 96 valence electrons. The van der Waals surface area contributed by atoms with E-state index in [9.17, 15) is 0 Å². The molecule has 2 heteroatoms. The summed E-state index contributed by atoms with van der Waals surface area (Å²) >= 11 is 0. The molecule has 0 bridgehead atoms. The Hall–Kier alpha value is -0.0800. The second-order valence-electron chi connectivity index (χ2n) is 6.20. The van der Waals surface area contributed by atoms with E-state index in [1.807, 2.05) is 0 Å². The van der Waals surface area contributed by atoms with E-state index in [2.05, 4.69) is 45.0 Å². The normalized spacial score (nSPS) is 17.4. The standard InChI is InChI=1S/C14H30N2/c1-6-13(7-2)16(5)11-14(3,4)10-15-12-8-9-12/h12-13,15H,6-11H2,1-5H3. The van der Waals surface area contributed by atoms with Crippen molar-refractivity contribution < 1.29 is 0 Å². The quantitative estimate of drug-likeness (QED) is 0.684. The largest absolute Gasteiger partial charge is 0.313 e. The molecule has 0 spiro atoms. The molecule has 16 heavy (non-hydrogen) atoms. The topological polar surface area (TPSA) is 15.3 Å². The van der Waals surface area contributed by atoms with E-state index < -0.39 is 0 Å². The van der Waals surface area contributed by atoms with E-state index in [1.165, 1.54) is 32.2 Å². The smallest absolute Gasteiger partial charge is 0.00871 e. The van der Waals surface area contributed by atoms with Crippen molar-refractivity contribution in [2.45, 2.75) is 65.5 Å². The lowest BCUT2D eigenvalue weighted by Gasteiger charge is -2.35. The van der Waals surface area contributed by atoms with Gasteiger partial charge in [-0.2, -0.15) is 0 Å². The molecule has 0 aromatic rings.